The standard InChI is InChI=1S/C17H25N3O3/c1-11-5-6-14(23-4)13(7-11)20-9-12(8-15(20)21)16(22)19-10-17(2,3)18/h5-7,12H,8-10,18H2,1-4H3,(H,19,22). The third kappa shape index (κ3) is 4.22. The van der Waals surface area contributed by atoms with E-state index in [1.165, 1.54) is 0 Å². The molecule has 0 saturated carbocycles. The van der Waals surface area contributed by atoms with Crippen LogP contribution in [0.1, 0.15) is 25.8 Å². The van der Waals surface area contributed by atoms with Crippen molar-refractivity contribution < 1.29 is 14.3 Å². The highest BCUT2D eigenvalue weighted by molar-refractivity contribution is 6.01. The van der Waals surface area contributed by atoms with Gasteiger partial charge in [0, 0.05) is 25.0 Å². The monoisotopic (exact) mass is 319 g/mol. The first-order valence-corrected chi connectivity index (χ1v) is 7.73. The zero-order valence-electron chi connectivity index (χ0n) is 14.2. The molecule has 6 heteroatoms. The molecule has 1 saturated heterocycles. The van der Waals surface area contributed by atoms with Crippen molar-refractivity contribution in [2.45, 2.75) is 32.7 Å². The Labute approximate surface area is 137 Å². The van der Waals surface area contributed by atoms with E-state index in [4.69, 9.17) is 10.5 Å². The molecule has 0 aromatic heterocycles. The summed E-state index contributed by atoms with van der Waals surface area (Å²) in [7, 11) is 1.57. The average molecular weight is 319 g/mol. The molecule has 1 aromatic rings. The summed E-state index contributed by atoms with van der Waals surface area (Å²) in [5.74, 6) is 0.0650. The van der Waals surface area contributed by atoms with E-state index in [0.29, 0.717) is 24.5 Å². The molecule has 0 aliphatic carbocycles. The second-order valence-corrected chi connectivity index (χ2v) is 6.79. The van der Waals surface area contributed by atoms with Crippen LogP contribution in [0.15, 0.2) is 18.2 Å². The SMILES string of the molecule is COc1ccc(C)cc1N1CC(C(=O)NCC(C)(C)N)CC1=O. The Bertz CT molecular complexity index is 608. The van der Waals surface area contributed by atoms with Crippen LogP contribution in [-0.2, 0) is 9.59 Å². The molecule has 1 aromatic carbocycles. The van der Waals surface area contributed by atoms with Crippen molar-refractivity contribution in [3.05, 3.63) is 23.8 Å². The Hall–Kier alpha value is -2.08. The molecule has 3 N–H and O–H groups in total. The molecule has 0 radical (unpaired) electrons. The lowest BCUT2D eigenvalue weighted by atomic mass is 10.1. The molecule has 1 aliphatic rings. The van der Waals surface area contributed by atoms with Gasteiger partial charge in [-0.2, -0.15) is 0 Å². The van der Waals surface area contributed by atoms with Crippen molar-refractivity contribution in [1.82, 2.24) is 5.32 Å². The first kappa shape index (κ1) is 17.3. The number of ether oxygens (including phenoxy) is 1. The minimum Gasteiger partial charge on any atom is -0.495 e. The Morgan fingerprint density at radius 3 is 2.78 bits per heavy atom. The predicted octanol–water partition coefficient (Wildman–Crippen LogP) is 1.21. The fourth-order valence-corrected chi connectivity index (χ4v) is 2.59. The normalized spacial score (nSPS) is 18.2. The van der Waals surface area contributed by atoms with E-state index in [-0.39, 0.29) is 24.2 Å². The molecule has 126 valence electrons. The van der Waals surface area contributed by atoms with Gasteiger partial charge in [0.25, 0.3) is 0 Å². The van der Waals surface area contributed by atoms with Crippen molar-refractivity contribution >= 4 is 17.5 Å². The lowest BCUT2D eigenvalue weighted by molar-refractivity contribution is -0.126. The lowest BCUT2D eigenvalue weighted by Crippen LogP contribution is -2.46. The molecule has 0 bridgehead atoms. The van der Waals surface area contributed by atoms with Gasteiger partial charge in [-0.3, -0.25) is 9.59 Å². The van der Waals surface area contributed by atoms with Crippen LogP contribution in [0.2, 0.25) is 0 Å². The largest absolute Gasteiger partial charge is 0.495 e. The van der Waals surface area contributed by atoms with Gasteiger partial charge in [0.15, 0.2) is 0 Å². The Morgan fingerprint density at radius 2 is 2.17 bits per heavy atom. The second kappa shape index (κ2) is 6.58. The molecule has 1 heterocycles. The maximum atomic E-state index is 12.3. The van der Waals surface area contributed by atoms with Gasteiger partial charge in [-0.25, -0.2) is 0 Å². The summed E-state index contributed by atoms with van der Waals surface area (Å²) in [6, 6.07) is 5.67. The fraction of sp³-hybridized carbons (Fsp3) is 0.529. The Balaban J connectivity index is 2.11. The summed E-state index contributed by atoms with van der Waals surface area (Å²) in [5, 5.41) is 2.82. The van der Waals surface area contributed by atoms with Crippen LogP contribution in [0.25, 0.3) is 0 Å². The van der Waals surface area contributed by atoms with E-state index < -0.39 is 5.54 Å². The number of benzene rings is 1. The molecule has 2 rings (SSSR count). The van der Waals surface area contributed by atoms with Gasteiger partial charge in [0.1, 0.15) is 5.75 Å². The predicted molar refractivity (Wildman–Crippen MR) is 89.5 cm³/mol. The third-order valence-corrected chi connectivity index (χ3v) is 3.84. The second-order valence-electron chi connectivity index (χ2n) is 6.79. The third-order valence-electron chi connectivity index (χ3n) is 3.84. The zero-order valence-corrected chi connectivity index (χ0v) is 14.2. The number of methoxy groups -OCH3 is 1. The summed E-state index contributed by atoms with van der Waals surface area (Å²) in [6.45, 7) is 6.38. The van der Waals surface area contributed by atoms with Crippen molar-refractivity contribution in [2.24, 2.45) is 11.7 Å². The number of nitrogens with one attached hydrogen (secondary N) is 1. The summed E-state index contributed by atoms with van der Waals surface area (Å²) in [5.41, 5.74) is 7.15. The fourth-order valence-electron chi connectivity index (χ4n) is 2.59. The van der Waals surface area contributed by atoms with Crippen LogP contribution >= 0.6 is 0 Å². The number of hydrogen-bond acceptors (Lipinski definition) is 4. The number of aryl methyl sites for hydroxylation is 1. The van der Waals surface area contributed by atoms with Gasteiger partial charge in [-0.1, -0.05) is 6.07 Å². The van der Waals surface area contributed by atoms with Crippen molar-refractivity contribution in [3.8, 4) is 5.75 Å². The molecule has 1 atom stereocenters. The Kier molecular flexibility index (Phi) is 4.94. The van der Waals surface area contributed by atoms with Crippen molar-refractivity contribution in [3.63, 3.8) is 0 Å². The van der Waals surface area contributed by atoms with Crippen LogP contribution in [0.3, 0.4) is 0 Å². The van der Waals surface area contributed by atoms with E-state index in [9.17, 15) is 9.59 Å². The van der Waals surface area contributed by atoms with Crippen LogP contribution in [0, 0.1) is 12.8 Å². The number of amides is 2. The van der Waals surface area contributed by atoms with E-state index in [1.807, 2.05) is 39.0 Å². The maximum Gasteiger partial charge on any atom is 0.227 e. The smallest absolute Gasteiger partial charge is 0.227 e. The quantitative estimate of drug-likeness (QED) is 0.854. The molecule has 23 heavy (non-hydrogen) atoms. The molecule has 0 spiro atoms. The van der Waals surface area contributed by atoms with E-state index in [2.05, 4.69) is 5.32 Å². The molecule has 2 amide bonds. The number of carbonyl (C=O) groups is 2. The summed E-state index contributed by atoms with van der Waals surface area (Å²) < 4.78 is 5.34. The van der Waals surface area contributed by atoms with Crippen LogP contribution in [0.4, 0.5) is 5.69 Å². The van der Waals surface area contributed by atoms with Crippen LogP contribution in [0.5, 0.6) is 5.75 Å². The Morgan fingerprint density at radius 1 is 1.48 bits per heavy atom. The lowest BCUT2D eigenvalue weighted by Gasteiger charge is -2.21. The molecule has 1 fully saturated rings. The molecular formula is C17H25N3O3. The van der Waals surface area contributed by atoms with Gasteiger partial charge < -0.3 is 20.7 Å². The molecular weight excluding hydrogens is 294 g/mol. The van der Waals surface area contributed by atoms with Crippen molar-refractivity contribution in [1.29, 1.82) is 0 Å². The van der Waals surface area contributed by atoms with E-state index in [1.54, 1.807) is 12.0 Å². The molecule has 6 nitrogen and oxygen atoms in total. The van der Waals surface area contributed by atoms with Crippen molar-refractivity contribution in [2.75, 3.05) is 25.1 Å². The number of rotatable bonds is 5. The minimum absolute atomic E-state index is 0.0685. The summed E-state index contributed by atoms with van der Waals surface area (Å²) >= 11 is 0. The number of nitrogens with zero attached hydrogens (tertiary/aromatic N) is 1. The highest BCUT2D eigenvalue weighted by Crippen LogP contribution is 2.33. The van der Waals surface area contributed by atoms with Crippen LogP contribution < -0.4 is 20.7 Å². The highest BCUT2D eigenvalue weighted by Gasteiger charge is 2.36. The topological polar surface area (TPSA) is 84.7 Å². The molecule has 1 unspecified atom stereocenters. The number of nitrogens with two attached hydrogens (primary N) is 1. The van der Waals surface area contributed by atoms with Gasteiger partial charge in [-0.05, 0) is 38.5 Å². The van der Waals surface area contributed by atoms with Gasteiger partial charge in [0.2, 0.25) is 11.8 Å². The highest BCUT2D eigenvalue weighted by atomic mass is 16.5. The average Bonchev–Trinajstić information content (AvgIpc) is 2.86. The number of anilines is 1. The minimum atomic E-state index is -0.474. The first-order chi connectivity index (χ1) is 10.7. The maximum absolute atomic E-state index is 12.3. The van der Waals surface area contributed by atoms with E-state index in [0.717, 1.165) is 5.56 Å². The summed E-state index contributed by atoms with van der Waals surface area (Å²) in [4.78, 5) is 26.2. The summed E-state index contributed by atoms with van der Waals surface area (Å²) in [6.07, 6.45) is 0.202. The zero-order chi connectivity index (χ0) is 17.2. The van der Waals surface area contributed by atoms with Gasteiger partial charge >= 0.3 is 0 Å². The van der Waals surface area contributed by atoms with Gasteiger partial charge in [-0.15, -0.1) is 0 Å². The van der Waals surface area contributed by atoms with Gasteiger partial charge in [0.05, 0.1) is 18.7 Å². The van der Waals surface area contributed by atoms with E-state index >= 15 is 0 Å². The number of hydrogen-bond donors (Lipinski definition) is 2. The first-order valence-electron chi connectivity index (χ1n) is 7.73. The molecule has 1 aliphatic heterocycles. The number of carbonyl (C=O) groups excluding carboxylic acids is 2. The van der Waals surface area contributed by atoms with Crippen LogP contribution in [-0.4, -0.2) is 37.6 Å².